The van der Waals surface area contributed by atoms with E-state index < -0.39 is 25.9 Å². The normalized spacial score (nSPS) is 31.5. The monoisotopic (exact) mass is 343 g/mol. The topological polar surface area (TPSA) is 67.3 Å². The Hall–Kier alpha value is -1.72. The van der Waals surface area contributed by atoms with Crippen LogP contribution in [0.4, 0.5) is 0 Å². The highest BCUT2D eigenvalue weighted by atomic mass is 32.2. The number of rotatable bonds is 2. The Kier molecular flexibility index (Phi) is 3.73. The number of benzene rings is 1. The summed E-state index contributed by atoms with van der Waals surface area (Å²) in [5, 5.41) is 10.4. The van der Waals surface area contributed by atoms with Crippen molar-refractivity contribution >= 4 is 9.84 Å². The number of fused-ring (bicyclic) bond motifs is 2. The number of hydrogen-bond donors (Lipinski definition) is 1. The molecule has 3 heterocycles. The molecule has 2 aliphatic heterocycles. The summed E-state index contributed by atoms with van der Waals surface area (Å²) in [5.74, 6) is 0. The van der Waals surface area contributed by atoms with Crippen molar-refractivity contribution in [3.05, 3.63) is 54.2 Å². The first kappa shape index (κ1) is 15.8. The smallest absolute Gasteiger partial charge is 0.156 e. The van der Waals surface area contributed by atoms with Crippen LogP contribution in [0.3, 0.4) is 0 Å². The molecule has 5 heteroatoms. The first-order valence-corrected chi connectivity index (χ1v) is 10.1. The maximum atomic E-state index is 12.4. The molecule has 0 spiro atoms. The van der Waals surface area contributed by atoms with Crippen molar-refractivity contribution < 1.29 is 13.5 Å². The molecule has 0 radical (unpaired) electrons. The second kappa shape index (κ2) is 5.67. The third-order valence-electron chi connectivity index (χ3n) is 5.50. The van der Waals surface area contributed by atoms with Crippen molar-refractivity contribution in [2.75, 3.05) is 0 Å². The van der Waals surface area contributed by atoms with Crippen molar-refractivity contribution in [2.24, 2.45) is 0 Å². The van der Waals surface area contributed by atoms with E-state index >= 15 is 0 Å². The van der Waals surface area contributed by atoms with Crippen LogP contribution in [0.15, 0.2) is 48.7 Å². The maximum Gasteiger partial charge on any atom is 0.156 e. The molecular formula is C19H21NO3S. The highest BCUT2D eigenvalue weighted by Crippen LogP contribution is 2.46. The van der Waals surface area contributed by atoms with Crippen LogP contribution in [0.25, 0.3) is 11.3 Å². The Morgan fingerprint density at radius 1 is 1.00 bits per heavy atom. The SMILES string of the molecule is O=S1(=O)C2CCCC1CC(O)(c1ccc(-c3ccccn3)cc1)C2. The van der Waals surface area contributed by atoms with Crippen LogP contribution in [0.5, 0.6) is 0 Å². The average molecular weight is 343 g/mol. The molecule has 0 amide bonds. The van der Waals surface area contributed by atoms with Crippen LogP contribution in [0.1, 0.15) is 37.7 Å². The summed E-state index contributed by atoms with van der Waals surface area (Å²) in [6, 6.07) is 13.5. The third-order valence-corrected chi connectivity index (χ3v) is 8.16. The zero-order valence-corrected chi connectivity index (χ0v) is 14.2. The van der Waals surface area contributed by atoms with Gasteiger partial charge in [0.2, 0.25) is 0 Å². The second-order valence-electron chi connectivity index (χ2n) is 7.00. The summed E-state index contributed by atoms with van der Waals surface area (Å²) in [7, 11) is -3.07. The van der Waals surface area contributed by atoms with E-state index in [1.807, 2.05) is 42.5 Å². The van der Waals surface area contributed by atoms with E-state index in [0.29, 0.717) is 25.7 Å². The molecule has 24 heavy (non-hydrogen) atoms. The van der Waals surface area contributed by atoms with E-state index in [1.54, 1.807) is 6.20 Å². The molecule has 1 N–H and O–H groups in total. The van der Waals surface area contributed by atoms with Gasteiger partial charge in [0.05, 0.1) is 21.8 Å². The summed E-state index contributed by atoms with van der Waals surface area (Å²) >= 11 is 0. The quantitative estimate of drug-likeness (QED) is 0.910. The van der Waals surface area contributed by atoms with Crippen LogP contribution in [0.2, 0.25) is 0 Å². The molecule has 126 valence electrons. The van der Waals surface area contributed by atoms with Gasteiger partial charge in [-0.2, -0.15) is 0 Å². The summed E-state index contributed by atoms with van der Waals surface area (Å²) in [5.41, 5.74) is 1.66. The van der Waals surface area contributed by atoms with Gasteiger partial charge in [0, 0.05) is 11.8 Å². The first-order valence-electron chi connectivity index (χ1n) is 8.46. The molecule has 2 aliphatic rings. The lowest BCUT2D eigenvalue weighted by Gasteiger charge is -2.44. The third kappa shape index (κ3) is 2.56. The lowest BCUT2D eigenvalue weighted by molar-refractivity contribution is 0.00502. The Morgan fingerprint density at radius 3 is 2.25 bits per heavy atom. The molecule has 2 fully saturated rings. The van der Waals surface area contributed by atoms with E-state index in [1.165, 1.54) is 0 Å². The van der Waals surface area contributed by atoms with Crippen molar-refractivity contribution in [3.8, 4) is 11.3 Å². The summed E-state index contributed by atoms with van der Waals surface area (Å²) in [6.45, 7) is 0. The van der Waals surface area contributed by atoms with E-state index in [0.717, 1.165) is 23.2 Å². The minimum atomic E-state index is -3.07. The number of hydrogen-bond acceptors (Lipinski definition) is 4. The number of pyridine rings is 1. The molecule has 2 unspecified atom stereocenters. The predicted octanol–water partition coefficient (Wildman–Crippen LogP) is 3.07. The van der Waals surface area contributed by atoms with Crippen LogP contribution in [-0.2, 0) is 15.4 Å². The van der Waals surface area contributed by atoms with E-state index in [-0.39, 0.29) is 0 Å². The highest BCUT2D eigenvalue weighted by molar-refractivity contribution is 7.92. The molecule has 2 saturated heterocycles. The van der Waals surface area contributed by atoms with Gasteiger partial charge in [-0.1, -0.05) is 36.8 Å². The van der Waals surface area contributed by atoms with Crippen molar-refractivity contribution in [1.82, 2.24) is 4.98 Å². The van der Waals surface area contributed by atoms with Gasteiger partial charge >= 0.3 is 0 Å². The molecule has 0 aliphatic carbocycles. The molecule has 1 aromatic carbocycles. The van der Waals surface area contributed by atoms with E-state index in [4.69, 9.17) is 0 Å². The van der Waals surface area contributed by atoms with Crippen LogP contribution in [-0.4, -0.2) is 29.0 Å². The highest BCUT2D eigenvalue weighted by Gasteiger charge is 2.50. The van der Waals surface area contributed by atoms with E-state index in [2.05, 4.69) is 4.98 Å². The molecule has 4 nitrogen and oxygen atoms in total. The van der Waals surface area contributed by atoms with Gasteiger partial charge in [-0.25, -0.2) is 8.42 Å². The minimum absolute atomic E-state index is 0.314. The van der Waals surface area contributed by atoms with Crippen LogP contribution >= 0.6 is 0 Å². The predicted molar refractivity (Wildman–Crippen MR) is 93.2 cm³/mol. The number of nitrogens with zero attached hydrogens (tertiary/aromatic N) is 1. The van der Waals surface area contributed by atoms with Gasteiger partial charge < -0.3 is 5.11 Å². The zero-order chi connectivity index (χ0) is 16.8. The summed E-state index contributed by atoms with van der Waals surface area (Å²) < 4.78 is 24.9. The molecule has 2 bridgehead atoms. The van der Waals surface area contributed by atoms with Crippen LogP contribution < -0.4 is 0 Å². The molecular weight excluding hydrogens is 322 g/mol. The fourth-order valence-corrected chi connectivity index (χ4v) is 6.72. The van der Waals surface area contributed by atoms with Crippen LogP contribution in [0, 0.1) is 0 Å². The lowest BCUT2D eigenvalue weighted by atomic mass is 9.80. The maximum absolute atomic E-state index is 12.4. The Morgan fingerprint density at radius 2 is 1.67 bits per heavy atom. The van der Waals surface area contributed by atoms with Gasteiger partial charge in [0.15, 0.2) is 9.84 Å². The number of sulfone groups is 1. The molecule has 2 atom stereocenters. The zero-order valence-electron chi connectivity index (χ0n) is 13.4. The number of aliphatic hydroxyl groups is 1. The van der Waals surface area contributed by atoms with Gasteiger partial charge in [-0.15, -0.1) is 0 Å². The Bertz CT molecular complexity index is 811. The van der Waals surface area contributed by atoms with Crippen molar-refractivity contribution in [3.63, 3.8) is 0 Å². The Balaban J connectivity index is 1.64. The molecule has 0 saturated carbocycles. The van der Waals surface area contributed by atoms with Gasteiger partial charge in [-0.05, 0) is 43.4 Å². The molecule has 1 aromatic heterocycles. The largest absolute Gasteiger partial charge is 0.385 e. The summed E-state index contributed by atoms with van der Waals surface area (Å²) in [4.78, 5) is 4.33. The van der Waals surface area contributed by atoms with Gasteiger partial charge in [-0.3, -0.25) is 4.98 Å². The fourth-order valence-electron chi connectivity index (χ4n) is 4.17. The molecule has 4 rings (SSSR count). The second-order valence-corrected chi connectivity index (χ2v) is 9.51. The minimum Gasteiger partial charge on any atom is -0.385 e. The summed E-state index contributed by atoms with van der Waals surface area (Å²) in [6.07, 6.45) is 4.68. The Labute approximate surface area is 142 Å². The van der Waals surface area contributed by atoms with Gasteiger partial charge in [0.1, 0.15) is 0 Å². The van der Waals surface area contributed by atoms with E-state index in [9.17, 15) is 13.5 Å². The van der Waals surface area contributed by atoms with Gasteiger partial charge in [0.25, 0.3) is 0 Å². The average Bonchev–Trinajstić information content (AvgIpc) is 2.57. The van der Waals surface area contributed by atoms with Crippen molar-refractivity contribution in [2.45, 2.75) is 48.2 Å². The molecule has 2 aromatic rings. The first-order chi connectivity index (χ1) is 11.5. The van der Waals surface area contributed by atoms with Crippen molar-refractivity contribution in [1.29, 1.82) is 0 Å². The standard InChI is InChI=1S/C19H21NO3S/c21-19(12-16-4-3-5-17(13-19)24(16,22)23)15-9-7-14(8-10-15)18-6-1-2-11-20-18/h1-2,6-11,16-17,21H,3-5,12-13H2. The fraction of sp³-hybridized carbons (Fsp3) is 0.421. The lowest BCUT2D eigenvalue weighted by Crippen LogP contribution is -2.50. The number of aromatic nitrogens is 1.